The number of nitrogens with zero attached hydrogens (tertiary/aromatic N) is 4. The summed E-state index contributed by atoms with van der Waals surface area (Å²) in [5, 5.41) is 7.16. The molecule has 0 bridgehead atoms. The average molecular weight is 468 g/mol. The minimum Gasteiger partial charge on any atom is -0.369 e. The van der Waals surface area contributed by atoms with E-state index in [1.165, 1.54) is 9.87 Å². The number of anilines is 2. The first kappa shape index (κ1) is 23.0. The van der Waals surface area contributed by atoms with Crippen molar-refractivity contribution in [1.82, 2.24) is 14.1 Å². The van der Waals surface area contributed by atoms with E-state index in [1.807, 2.05) is 62.4 Å². The van der Waals surface area contributed by atoms with E-state index in [-0.39, 0.29) is 0 Å². The number of aryl methyl sites for hydroxylation is 2. The number of hydrogen-bond acceptors (Lipinski definition) is 5. The van der Waals surface area contributed by atoms with Gasteiger partial charge in [-0.05, 0) is 37.1 Å². The van der Waals surface area contributed by atoms with E-state index in [1.54, 1.807) is 10.7 Å². The molecular weight excluding hydrogens is 438 g/mol. The van der Waals surface area contributed by atoms with Crippen LogP contribution >= 0.6 is 0 Å². The molecule has 1 N–H and O–H groups in total. The van der Waals surface area contributed by atoms with E-state index in [4.69, 9.17) is 0 Å². The van der Waals surface area contributed by atoms with Crippen molar-refractivity contribution in [2.45, 2.75) is 20.4 Å². The normalized spacial score (nSPS) is 14.9. The summed E-state index contributed by atoms with van der Waals surface area (Å²) in [4.78, 5) is 14.8. The number of sulfonamides is 1. The second kappa shape index (κ2) is 9.76. The lowest BCUT2D eigenvalue weighted by molar-refractivity contribution is -0.114. The van der Waals surface area contributed by atoms with E-state index >= 15 is 0 Å². The van der Waals surface area contributed by atoms with Gasteiger partial charge in [-0.25, -0.2) is 13.1 Å². The molecule has 174 valence electrons. The molecule has 0 atom stereocenters. The monoisotopic (exact) mass is 467 g/mol. The van der Waals surface area contributed by atoms with Crippen LogP contribution in [0.5, 0.6) is 0 Å². The maximum Gasteiger partial charge on any atom is 0.242 e. The quantitative estimate of drug-likeness (QED) is 0.577. The number of rotatable bonds is 7. The molecule has 4 rings (SSSR count). The number of piperazine rings is 1. The summed E-state index contributed by atoms with van der Waals surface area (Å²) in [5.74, 6) is -0.668. The molecular formula is C24H29N5O3S. The van der Waals surface area contributed by atoms with Crippen molar-refractivity contribution in [2.24, 2.45) is 0 Å². The SMILES string of the molecule is Cc1cccc(N2CCN(S(=O)(=O)CC(=O)Nc3cc(C)nn3Cc3ccccc3)CC2)c1. The highest BCUT2D eigenvalue weighted by molar-refractivity contribution is 7.89. The lowest BCUT2D eigenvalue weighted by Crippen LogP contribution is -2.50. The molecule has 2 aromatic carbocycles. The van der Waals surface area contributed by atoms with Crippen molar-refractivity contribution >= 4 is 27.4 Å². The Hall–Kier alpha value is -3.17. The second-order valence-corrected chi connectivity index (χ2v) is 10.3. The molecule has 3 aromatic rings. The Labute approximate surface area is 194 Å². The van der Waals surface area contributed by atoms with E-state index in [9.17, 15) is 13.2 Å². The fourth-order valence-electron chi connectivity index (χ4n) is 4.01. The van der Waals surface area contributed by atoms with Crippen LogP contribution in [-0.4, -0.2) is 60.3 Å². The number of carbonyl (C=O) groups is 1. The Morgan fingerprint density at radius 3 is 2.39 bits per heavy atom. The van der Waals surface area contributed by atoms with Gasteiger partial charge in [0, 0.05) is 37.9 Å². The first-order valence-corrected chi connectivity index (χ1v) is 12.6. The predicted molar refractivity (Wildman–Crippen MR) is 130 cm³/mol. The third-order valence-electron chi connectivity index (χ3n) is 5.66. The Balaban J connectivity index is 1.36. The molecule has 1 amide bonds. The summed E-state index contributed by atoms with van der Waals surface area (Å²) in [7, 11) is -3.72. The maximum atomic E-state index is 12.9. The van der Waals surface area contributed by atoms with Crippen molar-refractivity contribution in [1.29, 1.82) is 0 Å². The van der Waals surface area contributed by atoms with Gasteiger partial charge in [0.1, 0.15) is 11.6 Å². The second-order valence-electron chi connectivity index (χ2n) is 8.34. The zero-order valence-electron chi connectivity index (χ0n) is 18.9. The molecule has 8 nitrogen and oxygen atoms in total. The largest absolute Gasteiger partial charge is 0.369 e. The minimum absolute atomic E-state index is 0.356. The van der Waals surface area contributed by atoms with Gasteiger partial charge in [-0.2, -0.15) is 9.40 Å². The highest BCUT2D eigenvalue weighted by atomic mass is 32.2. The van der Waals surface area contributed by atoms with E-state index in [0.717, 1.165) is 16.9 Å². The van der Waals surface area contributed by atoms with Crippen molar-refractivity contribution in [3.05, 3.63) is 77.5 Å². The number of benzene rings is 2. The topological polar surface area (TPSA) is 87.5 Å². The smallest absolute Gasteiger partial charge is 0.242 e. The van der Waals surface area contributed by atoms with Gasteiger partial charge in [-0.1, -0.05) is 42.5 Å². The number of hydrogen-bond donors (Lipinski definition) is 1. The molecule has 1 saturated heterocycles. The van der Waals surface area contributed by atoms with Gasteiger partial charge in [0.25, 0.3) is 0 Å². The fourth-order valence-corrected chi connectivity index (χ4v) is 5.31. The third kappa shape index (κ3) is 5.80. The van der Waals surface area contributed by atoms with E-state index in [2.05, 4.69) is 21.4 Å². The molecule has 9 heteroatoms. The van der Waals surface area contributed by atoms with Crippen LogP contribution in [0, 0.1) is 13.8 Å². The van der Waals surface area contributed by atoms with Crippen LogP contribution in [0.25, 0.3) is 0 Å². The van der Waals surface area contributed by atoms with Crippen LogP contribution in [0.4, 0.5) is 11.5 Å². The zero-order chi connectivity index (χ0) is 23.4. The van der Waals surface area contributed by atoms with Crippen molar-refractivity contribution in [2.75, 3.05) is 42.1 Å². The summed E-state index contributed by atoms with van der Waals surface area (Å²) in [6.07, 6.45) is 0. The van der Waals surface area contributed by atoms with Gasteiger partial charge in [-0.3, -0.25) is 4.79 Å². The standard InChI is InChI=1S/C24H29N5O3S/c1-19-7-6-10-22(15-19)27-11-13-28(14-12-27)33(31,32)18-24(30)25-23-16-20(2)26-29(23)17-21-8-4-3-5-9-21/h3-10,15-16H,11-14,17-18H2,1-2H3,(H,25,30). The first-order valence-electron chi connectivity index (χ1n) is 11.0. The zero-order valence-corrected chi connectivity index (χ0v) is 19.8. The molecule has 0 unspecified atom stereocenters. The Kier molecular flexibility index (Phi) is 6.80. The lowest BCUT2D eigenvalue weighted by Gasteiger charge is -2.35. The van der Waals surface area contributed by atoms with Crippen molar-refractivity contribution in [3.63, 3.8) is 0 Å². The summed E-state index contributed by atoms with van der Waals surface area (Å²) < 4.78 is 28.9. The van der Waals surface area contributed by atoms with Gasteiger partial charge in [0.2, 0.25) is 15.9 Å². The van der Waals surface area contributed by atoms with Crippen LogP contribution in [0.1, 0.15) is 16.8 Å². The molecule has 0 radical (unpaired) electrons. The van der Waals surface area contributed by atoms with Gasteiger partial charge < -0.3 is 10.2 Å². The number of carbonyl (C=O) groups excluding carboxylic acids is 1. The number of nitrogens with one attached hydrogen (secondary N) is 1. The highest BCUT2D eigenvalue weighted by Gasteiger charge is 2.29. The van der Waals surface area contributed by atoms with E-state index < -0.39 is 21.7 Å². The molecule has 2 heterocycles. The van der Waals surface area contributed by atoms with Crippen LogP contribution in [0.3, 0.4) is 0 Å². The molecule has 1 aliphatic rings. The summed E-state index contributed by atoms with van der Waals surface area (Å²) in [5.41, 5.74) is 4.04. The lowest BCUT2D eigenvalue weighted by atomic mass is 10.2. The van der Waals surface area contributed by atoms with E-state index in [0.29, 0.717) is 38.5 Å². The van der Waals surface area contributed by atoms with Crippen LogP contribution in [-0.2, 0) is 21.4 Å². The Morgan fingerprint density at radius 1 is 0.970 bits per heavy atom. The predicted octanol–water partition coefficient (Wildman–Crippen LogP) is 2.64. The maximum absolute atomic E-state index is 12.9. The summed E-state index contributed by atoms with van der Waals surface area (Å²) >= 11 is 0. The Morgan fingerprint density at radius 2 is 1.70 bits per heavy atom. The van der Waals surface area contributed by atoms with Crippen molar-refractivity contribution < 1.29 is 13.2 Å². The molecule has 1 fully saturated rings. The van der Waals surface area contributed by atoms with Crippen LogP contribution in [0.2, 0.25) is 0 Å². The van der Waals surface area contributed by atoms with Gasteiger partial charge in [0.05, 0.1) is 12.2 Å². The molecule has 1 aromatic heterocycles. The van der Waals surface area contributed by atoms with Gasteiger partial charge in [-0.15, -0.1) is 0 Å². The molecule has 33 heavy (non-hydrogen) atoms. The number of amides is 1. The first-order chi connectivity index (χ1) is 15.8. The van der Waals surface area contributed by atoms with Crippen molar-refractivity contribution in [3.8, 4) is 0 Å². The summed E-state index contributed by atoms with van der Waals surface area (Å²) in [6, 6.07) is 19.7. The highest BCUT2D eigenvalue weighted by Crippen LogP contribution is 2.19. The third-order valence-corrected chi connectivity index (χ3v) is 7.44. The average Bonchev–Trinajstić information content (AvgIpc) is 3.12. The fraction of sp³-hybridized carbons (Fsp3) is 0.333. The minimum atomic E-state index is -3.72. The Bertz CT molecular complexity index is 1220. The number of aromatic nitrogens is 2. The molecule has 0 aliphatic carbocycles. The van der Waals surface area contributed by atoms with Gasteiger partial charge in [0.15, 0.2) is 0 Å². The van der Waals surface area contributed by atoms with Crippen LogP contribution in [0.15, 0.2) is 60.7 Å². The van der Waals surface area contributed by atoms with Crippen LogP contribution < -0.4 is 10.2 Å². The molecule has 0 saturated carbocycles. The molecule has 1 aliphatic heterocycles. The summed E-state index contributed by atoms with van der Waals surface area (Å²) in [6.45, 7) is 6.25. The molecule has 0 spiro atoms. The van der Waals surface area contributed by atoms with Gasteiger partial charge >= 0.3 is 0 Å².